The molecule has 108 valence electrons. The molecule has 1 saturated heterocycles. The van der Waals surface area contributed by atoms with Crippen molar-refractivity contribution in [3.63, 3.8) is 0 Å². The van der Waals surface area contributed by atoms with Crippen molar-refractivity contribution in [3.05, 3.63) is 28.8 Å². The van der Waals surface area contributed by atoms with Crippen LogP contribution in [0.5, 0.6) is 0 Å². The predicted molar refractivity (Wildman–Crippen MR) is 77.1 cm³/mol. The molecule has 1 aliphatic rings. The number of anilines is 1. The van der Waals surface area contributed by atoms with E-state index >= 15 is 0 Å². The summed E-state index contributed by atoms with van der Waals surface area (Å²) in [6.45, 7) is 2.62. The molecule has 2 rings (SSSR count). The fourth-order valence-corrected chi connectivity index (χ4v) is 2.79. The van der Waals surface area contributed by atoms with Gasteiger partial charge in [0.25, 0.3) is 5.91 Å². The Kier molecular flexibility index (Phi) is 4.18. The summed E-state index contributed by atoms with van der Waals surface area (Å²) in [6.07, 6.45) is 1.43. The predicted octanol–water partition coefficient (Wildman–Crippen LogP) is 2.13. The minimum absolute atomic E-state index is 0.262. The zero-order valence-electron chi connectivity index (χ0n) is 11.2. The first-order valence-electron chi connectivity index (χ1n) is 6.49. The molecule has 20 heavy (non-hydrogen) atoms. The molecule has 0 radical (unpaired) electrons. The number of carboxylic acids is 1. The molecule has 1 aromatic rings. The molecule has 5 nitrogen and oxygen atoms in total. The SMILES string of the molecule is CC1CCN(c2ccc(Cl)cc2C(N)=O)C(C(=O)O)C1. The fourth-order valence-electron chi connectivity index (χ4n) is 2.62. The number of carboxylic acid groups (broad SMARTS) is 1. The number of piperidine rings is 1. The third-order valence-electron chi connectivity index (χ3n) is 3.68. The van der Waals surface area contributed by atoms with Gasteiger partial charge in [0.2, 0.25) is 0 Å². The standard InChI is InChI=1S/C14H17ClN2O3/c1-8-4-5-17(12(6-8)14(19)20)11-3-2-9(15)7-10(11)13(16)18/h2-3,7-8,12H,4-6H2,1H3,(H2,16,18)(H,19,20). The number of nitrogens with zero attached hydrogens (tertiary/aromatic N) is 1. The van der Waals surface area contributed by atoms with E-state index in [9.17, 15) is 14.7 Å². The zero-order chi connectivity index (χ0) is 14.9. The van der Waals surface area contributed by atoms with E-state index in [1.807, 2.05) is 6.92 Å². The van der Waals surface area contributed by atoms with Gasteiger partial charge in [0.05, 0.1) is 11.3 Å². The number of primary amides is 1. The largest absolute Gasteiger partial charge is 0.480 e. The van der Waals surface area contributed by atoms with E-state index in [1.165, 1.54) is 6.07 Å². The van der Waals surface area contributed by atoms with Gasteiger partial charge in [-0.2, -0.15) is 0 Å². The summed E-state index contributed by atoms with van der Waals surface area (Å²) in [5, 5.41) is 9.79. The molecule has 0 spiro atoms. The van der Waals surface area contributed by atoms with Crippen LogP contribution in [-0.2, 0) is 4.79 Å². The molecule has 0 aromatic heterocycles. The number of benzene rings is 1. The molecular weight excluding hydrogens is 280 g/mol. The number of hydrogen-bond acceptors (Lipinski definition) is 3. The molecule has 1 fully saturated rings. The topological polar surface area (TPSA) is 83.6 Å². The second kappa shape index (κ2) is 5.71. The van der Waals surface area contributed by atoms with Crippen LogP contribution in [0.4, 0.5) is 5.69 Å². The summed E-state index contributed by atoms with van der Waals surface area (Å²) in [4.78, 5) is 24.7. The van der Waals surface area contributed by atoms with Crippen LogP contribution in [0.15, 0.2) is 18.2 Å². The molecule has 0 aliphatic carbocycles. The smallest absolute Gasteiger partial charge is 0.326 e. The Bertz CT molecular complexity index is 547. The molecule has 1 aromatic carbocycles. The second-order valence-electron chi connectivity index (χ2n) is 5.20. The quantitative estimate of drug-likeness (QED) is 0.895. The van der Waals surface area contributed by atoms with Crippen LogP contribution in [-0.4, -0.2) is 29.6 Å². The van der Waals surface area contributed by atoms with E-state index in [-0.39, 0.29) is 5.56 Å². The van der Waals surface area contributed by atoms with Crippen LogP contribution in [0.2, 0.25) is 5.02 Å². The summed E-state index contributed by atoms with van der Waals surface area (Å²) in [6, 6.07) is 4.14. The highest BCUT2D eigenvalue weighted by molar-refractivity contribution is 6.31. The van der Waals surface area contributed by atoms with Crippen molar-refractivity contribution in [2.75, 3.05) is 11.4 Å². The Hall–Kier alpha value is -1.75. The molecular formula is C14H17ClN2O3. The minimum atomic E-state index is -0.887. The van der Waals surface area contributed by atoms with Crippen LogP contribution in [0.25, 0.3) is 0 Å². The molecule has 3 N–H and O–H groups in total. The lowest BCUT2D eigenvalue weighted by molar-refractivity contribution is -0.139. The number of carbonyl (C=O) groups is 2. The van der Waals surface area contributed by atoms with E-state index in [2.05, 4.69) is 0 Å². The lowest BCUT2D eigenvalue weighted by atomic mass is 9.91. The Balaban J connectivity index is 2.43. The van der Waals surface area contributed by atoms with Gasteiger partial charge >= 0.3 is 5.97 Å². The monoisotopic (exact) mass is 296 g/mol. The maximum Gasteiger partial charge on any atom is 0.326 e. The van der Waals surface area contributed by atoms with Crippen molar-refractivity contribution in [2.45, 2.75) is 25.8 Å². The van der Waals surface area contributed by atoms with Gasteiger partial charge in [-0.15, -0.1) is 0 Å². The second-order valence-corrected chi connectivity index (χ2v) is 5.64. The Morgan fingerprint density at radius 2 is 2.15 bits per heavy atom. The maximum absolute atomic E-state index is 11.5. The van der Waals surface area contributed by atoms with Gasteiger partial charge in [0, 0.05) is 11.6 Å². The van der Waals surface area contributed by atoms with Gasteiger partial charge in [-0.25, -0.2) is 4.79 Å². The van der Waals surface area contributed by atoms with Crippen LogP contribution in [0, 0.1) is 5.92 Å². The lowest BCUT2D eigenvalue weighted by Gasteiger charge is -2.38. The van der Waals surface area contributed by atoms with Crippen LogP contribution in [0.3, 0.4) is 0 Å². The molecule has 0 bridgehead atoms. The zero-order valence-corrected chi connectivity index (χ0v) is 11.9. The van der Waals surface area contributed by atoms with Crippen LogP contribution >= 0.6 is 11.6 Å². The van der Waals surface area contributed by atoms with Crippen molar-refractivity contribution in [1.82, 2.24) is 0 Å². The van der Waals surface area contributed by atoms with E-state index in [4.69, 9.17) is 17.3 Å². The third-order valence-corrected chi connectivity index (χ3v) is 3.92. The molecule has 0 saturated carbocycles. The third kappa shape index (κ3) is 2.88. The number of rotatable bonds is 3. The average molecular weight is 297 g/mol. The number of aliphatic carboxylic acids is 1. The van der Waals surface area contributed by atoms with Gasteiger partial charge in [0.15, 0.2) is 0 Å². The highest BCUT2D eigenvalue weighted by Gasteiger charge is 2.33. The van der Waals surface area contributed by atoms with Crippen LogP contribution < -0.4 is 10.6 Å². The number of amides is 1. The Labute approximate surface area is 122 Å². The van der Waals surface area contributed by atoms with Crippen LogP contribution in [0.1, 0.15) is 30.1 Å². The van der Waals surface area contributed by atoms with Gasteiger partial charge in [-0.05, 0) is 37.0 Å². The van der Waals surface area contributed by atoms with Crippen molar-refractivity contribution in [2.24, 2.45) is 11.7 Å². The molecule has 1 amide bonds. The fraction of sp³-hybridized carbons (Fsp3) is 0.429. The number of carbonyl (C=O) groups excluding carboxylic acids is 1. The molecule has 1 aliphatic heterocycles. The number of halogens is 1. The van der Waals surface area contributed by atoms with Gasteiger partial charge in [-0.3, -0.25) is 4.79 Å². The first-order chi connectivity index (χ1) is 9.40. The first-order valence-corrected chi connectivity index (χ1v) is 6.86. The van der Waals surface area contributed by atoms with E-state index < -0.39 is 17.9 Å². The van der Waals surface area contributed by atoms with Gasteiger partial charge in [-0.1, -0.05) is 18.5 Å². The Morgan fingerprint density at radius 3 is 2.75 bits per heavy atom. The lowest BCUT2D eigenvalue weighted by Crippen LogP contribution is -2.47. The average Bonchev–Trinajstić information content (AvgIpc) is 2.38. The van der Waals surface area contributed by atoms with E-state index in [0.29, 0.717) is 29.6 Å². The normalized spacial score (nSPS) is 22.6. The first kappa shape index (κ1) is 14.7. The van der Waals surface area contributed by atoms with Gasteiger partial charge < -0.3 is 15.7 Å². The van der Waals surface area contributed by atoms with Crippen molar-refractivity contribution in [3.8, 4) is 0 Å². The number of hydrogen-bond donors (Lipinski definition) is 2. The summed E-state index contributed by atoms with van der Waals surface area (Å²) in [5.41, 5.74) is 6.17. The minimum Gasteiger partial charge on any atom is -0.480 e. The number of nitrogens with two attached hydrogens (primary N) is 1. The molecule has 2 unspecified atom stereocenters. The Morgan fingerprint density at radius 1 is 1.45 bits per heavy atom. The highest BCUT2D eigenvalue weighted by atomic mass is 35.5. The molecule has 2 atom stereocenters. The van der Waals surface area contributed by atoms with Crippen molar-refractivity contribution < 1.29 is 14.7 Å². The highest BCUT2D eigenvalue weighted by Crippen LogP contribution is 2.31. The van der Waals surface area contributed by atoms with Crippen molar-refractivity contribution >= 4 is 29.2 Å². The maximum atomic E-state index is 11.5. The summed E-state index contributed by atoms with van der Waals surface area (Å²) in [5.74, 6) is -1.15. The molecule has 6 heteroatoms. The van der Waals surface area contributed by atoms with E-state index in [1.54, 1.807) is 17.0 Å². The summed E-state index contributed by atoms with van der Waals surface area (Å²) in [7, 11) is 0. The van der Waals surface area contributed by atoms with Crippen molar-refractivity contribution in [1.29, 1.82) is 0 Å². The summed E-state index contributed by atoms with van der Waals surface area (Å²) < 4.78 is 0. The molecule has 1 heterocycles. The van der Waals surface area contributed by atoms with E-state index in [0.717, 1.165) is 6.42 Å². The summed E-state index contributed by atoms with van der Waals surface area (Å²) >= 11 is 5.88. The van der Waals surface area contributed by atoms with Gasteiger partial charge in [0.1, 0.15) is 6.04 Å².